The van der Waals surface area contributed by atoms with E-state index in [4.69, 9.17) is 4.74 Å². The fraction of sp³-hybridized carbons (Fsp3) is 0.471. The summed E-state index contributed by atoms with van der Waals surface area (Å²) in [5, 5.41) is 2.54. The fourth-order valence-corrected chi connectivity index (χ4v) is 1.71. The molecule has 23 heavy (non-hydrogen) atoms. The molecule has 0 bridgehead atoms. The number of hydrogen-bond acceptors (Lipinski definition) is 4. The lowest BCUT2D eigenvalue weighted by molar-refractivity contribution is -0.125. The molecule has 1 aromatic carbocycles. The summed E-state index contributed by atoms with van der Waals surface area (Å²) < 4.78 is 5.21. The van der Waals surface area contributed by atoms with Gasteiger partial charge in [0, 0.05) is 12.6 Å². The van der Waals surface area contributed by atoms with Crippen LogP contribution in [0.1, 0.15) is 38.1 Å². The van der Waals surface area contributed by atoms with Gasteiger partial charge in [-0.05, 0) is 27.7 Å². The Morgan fingerprint density at radius 3 is 2.26 bits per heavy atom. The monoisotopic (exact) mass is 320 g/mol. The van der Waals surface area contributed by atoms with Gasteiger partial charge < -0.3 is 10.1 Å². The van der Waals surface area contributed by atoms with E-state index in [0.717, 1.165) is 0 Å². The van der Waals surface area contributed by atoms with Crippen molar-refractivity contribution in [1.82, 2.24) is 10.2 Å². The minimum Gasteiger partial charge on any atom is -0.444 e. The highest BCUT2D eigenvalue weighted by molar-refractivity contribution is 5.99. The van der Waals surface area contributed by atoms with E-state index in [-0.39, 0.29) is 12.3 Å². The van der Waals surface area contributed by atoms with Gasteiger partial charge in [0.15, 0.2) is 5.78 Å². The molecule has 0 aliphatic carbocycles. The van der Waals surface area contributed by atoms with Crippen LogP contribution in [0.5, 0.6) is 0 Å². The second-order valence-electron chi connectivity index (χ2n) is 6.27. The highest BCUT2D eigenvalue weighted by atomic mass is 16.6. The van der Waals surface area contributed by atoms with E-state index >= 15 is 0 Å². The Morgan fingerprint density at radius 1 is 1.17 bits per heavy atom. The van der Waals surface area contributed by atoms with E-state index in [1.54, 1.807) is 52.0 Å². The van der Waals surface area contributed by atoms with Crippen molar-refractivity contribution in [3.8, 4) is 0 Å². The highest BCUT2D eigenvalue weighted by Gasteiger charge is 2.27. The number of carbonyl (C=O) groups is 3. The lowest BCUT2D eigenvalue weighted by Gasteiger charge is -2.28. The van der Waals surface area contributed by atoms with Crippen LogP contribution in [0.2, 0.25) is 0 Å². The van der Waals surface area contributed by atoms with Crippen LogP contribution < -0.4 is 5.32 Å². The van der Waals surface area contributed by atoms with E-state index < -0.39 is 23.6 Å². The SMILES string of the molecule is C[C@@H](C(=O)NCC(=O)c1ccccc1)N(C)C(=O)OC(C)(C)C. The predicted octanol–water partition coefficient (Wildman–Crippen LogP) is 2.24. The first-order valence-electron chi connectivity index (χ1n) is 7.43. The molecule has 1 N–H and O–H groups in total. The Labute approximate surface area is 136 Å². The minimum atomic E-state index is -0.742. The second-order valence-corrected chi connectivity index (χ2v) is 6.27. The zero-order valence-corrected chi connectivity index (χ0v) is 14.3. The molecule has 0 aromatic heterocycles. The average molecular weight is 320 g/mol. The predicted molar refractivity (Wildman–Crippen MR) is 87.2 cm³/mol. The van der Waals surface area contributed by atoms with Crippen molar-refractivity contribution in [2.45, 2.75) is 39.3 Å². The zero-order chi connectivity index (χ0) is 17.6. The molecular formula is C17H24N2O4. The summed E-state index contributed by atoms with van der Waals surface area (Å²) in [7, 11) is 1.48. The molecule has 0 fully saturated rings. The summed E-state index contributed by atoms with van der Waals surface area (Å²) in [6.07, 6.45) is -0.588. The van der Waals surface area contributed by atoms with E-state index in [2.05, 4.69) is 5.32 Å². The van der Waals surface area contributed by atoms with Crippen molar-refractivity contribution in [2.24, 2.45) is 0 Å². The number of carbonyl (C=O) groups excluding carboxylic acids is 3. The van der Waals surface area contributed by atoms with Crippen LogP contribution in [0.4, 0.5) is 4.79 Å². The van der Waals surface area contributed by atoms with Crippen LogP contribution in [0.25, 0.3) is 0 Å². The molecule has 6 heteroatoms. The van der Waals surface area contributed by atoms with Crippen LogP contribution >= 0.6 is 0 Å². The van der Waals surface area contributed by atoms with E-state index in [1.807, 2.05) is 6.07 Å². The molecule has 0 heterocycles. The summed E-state index contributed by atoms with van der Waals surface area (Å²) in [4.78, 5) is 37.1. The van der Waals surface area contributed by atoms with Gasteiger partial charge in [0.2, 0.25) is 5.91 Å². The van der Waals surface area contributed by atoms with Crippen LogP contribution in [0.15, 0.2) is 30.3 Å². The Bertz CT molecular complexity index is 564. The maximum atomic E-state index is 12.1. The van der Waals surface area contributed by atoms with Crippen molar-refractivity contribution in [3.05, 3.63) is 35.9 Å². The van der Waals surface area contributed by atoms with Crippen molar-refractivity contribution in [2.75, 3.05) is 13.6 Å². The van der Waals surface area contributed by atoms with Gasteiger partial charge in [0.25, 0.3) is 0 Å². The van der Waals surface area contributed by atoms with Gasteiger partial charge in [-0.2, -0.15) is 0 Å². The van der Waals surface area contributed by atoms with E-state index in [0.29, 0.717) is 5.56 Å². The van der Waals surface area contributed by atoms with Crippen LogP contribution in [-0.4, -0.2) is 47.9 Å². The number of nitrogens with one attached hydrogen (secondary N) is 1. The average Bonchev–Trinajstić information content (AvgIpc) is 2.49. The molecule has 126 valence electrons. The van der Waals surface area contributed by atoms with Crippen molar-refractivity contribution < 1.29 is 19.1 Å². The number of ether oxygens (including phenoxy) is 1. The smallest absolute Gasteiger partial charge is 0.410 e. The molecular weight excluding hydrogens is 296 g/mol. The zero-order valence-electron chi connectivity index (χ0n) is 14.3. The lowest BCUT2D eigenvalue weighted by Crippen LogP contribution is -2.48. The number of Topliss-reactive ketones (excluding diaryl/α,β-unsaturated/α-hetero) is 1. The maximum absolute atomic E-state index is 12.1. The minimum absolute atomic E-state index is 0.116. The molecule has 0 aliphatic heterocycles. The molecule has 0 unspecified atom stereocenters. The van der Waals surface area contributed by atoms with Gasteiger partial charge in [-0.3, -0.25) is 14.5 Å². The Kier molecular flexibility index (Phi) is 6.30. The third-order valence-corrected chi connectivity index (χ3v) is 3.16. The molecule has 1 atom stereocenters. The number of nitrogens with zero attached hydrogens (tertiary/aromatic N) is 1. The Balaban J connectivity index is 2.53. The van der Waals surface area contributed by atoms with Crippen molar-refractivity contribution in [1.29, 1.82) is 0 Å². The third kappa shape index (κ3) is 6.10. The van der Waals surface area contributed by atoms with Gasteiger partial charge in [0.1, 0.15) is 11.6 Å². The molecule has 1 aromatic rings. The molecule has 0 radical (unpaired) electrons. The number of amides is 2. The topological polar surface area (TPSA) is 75.7 Å². The summed E-state index contributed by atoms with van der Waals surface area (Å²) in [6, 6.07) is 7.96. The first kappa shape index (κ1) is 18.7. The first-order chi connectivity index (χ1) is 10.6. The standard InChI is InChI=1S/C17H24N2O4/c1-12(19(5)16(22)23-17(2,3)4)15(21)18-11-14(20)13-9-7-6-8-10-13/h6-10,12H,11H2,1-5H3,(H,18,21)/t12-/m0/s1. The van der Waals surface area contributed by atoms with Crippen LogP contribution in [0, 0.1) is 0 Å². The Morgan fingerprint density at radius 2 is 1.74 bits per heavy atom. The first-order valence-corrected chi connectivity index (χ1v) is 7.43. The number of hydrogen-bond donors (Lipinski definition) is 1. The molecule has 1 rings (SSSR count). The molecule has 0 saturated heterocycles. The summed E-state index contributed by atoms with van der Waals surface area (Å²) in [5.74, 6) is -0.603. The highest BCUT2D eigenvalue weighted by Crippen LogP contribution is 2.10. The largest absolute Gasteiger partial charge is 0.444 e. The van der Waals surface area contributed by atoms with Crippen LogP contribution in [0.3, 0.4) is 0 Å². The second kappa shape index (κ2) is 7.76. The number of benzene rings is 1. The van der Waals surface area contributed by atoms with Crippen molar-refractivity contribution >= 4 is 17.8 Å². The molecule has 0 saturated carbocycles. The van der Waals surface area contributed by atoms with Gasteiger partial charge in [-0.1, -0.05) is 30.3 Å². The molecule has 0 aliphatic rings. The summed E-state index contributed by atoms with van der Waals surface area (Å²) in [6.45, 7) is 6.72. The molecule has 2 amide bonds. The normalized spacial score (nSPS) is 12.2. The van der Waals surface area contributed by atoms with Gasteiger partial charge >= 0.3 is 6.09 Å². The van der Waals surface area contributed by atoms with Gasteiger partial charge in [-0.15, -0.1) is 0 Å². The van der Waals surface area contributed by atoms with Crippen LogP contribution in [-0.2, 0) is 9.53 Å². The number of ketones is 1. The Hall–Kier alpha value is -2.37. The molecule has 0 spiro atoms. The summed E-state index contributed by atoms with van der Waals surface area (Å²) >= 11 is 0. The van der Waals surface area contributed by atoms with E-state index in [9.17, 15) is 14.4 Å². The van der Waals surface area contributed by atoms with Gasteiger partial charge in [-0.25, -0.2) is 4.79 Å². The maximum Gasteiger partial charge on any atom is 0.410 e. The van der Waals surface area contributed by atoms with E-state index in [1.165, 1.54) is 11.9 Å². The quantitative estimate of drug-likeness (QED) is 0.844. The van der Waals surface area contributed by atoms with Crippen molar-refractivity contribution in [3.63, 3.8) is 0 Å². The fourth-order valence-electron chi connectivity index (χ4n) is 1.71. The molecule has 6 nitrogen and oxygen atoms in total. The number of likely N-dealkylation sites (N-methyl/N-ethyl adjacent to an activating group) is 1. The lowest BCUT2D eigenvalue weighted by atomic mass is 10.1. The summed E-state index contributed by atoms with van der Waals surface area (Å²) in [5.41, 5.74) is -0.105. The third-order valence-electron chi connectivity index (χ3n) is 3.16. The number of rotatable bonds is 5. The van der Waals surface area contributed by atoms with Gasteiger partial charge in [0.05, 0.1) is 6.54 Å².